The van der Waals surface area contributed by atoms with Crippen LogP contribution in [-0.4, -0.2) is 23.2 Å². The first-order chi connectivity index (χ1) is 11.5. The minimum absolute atomic E-state index is 0.166. The van der Waals surface area contributed by atoms with Gasteiger partial charge in [-0.1, -0.05) is 12.1 Å². The number of carbonyl (C=O) groups is 1. The fraction of sp³-hybridized carbons (Fsp3) is 0.111. The summed E-state index contributed by atoms with van der Waals surface area (Å²) in [6.07, 6.45) is 1.60. The van der Waals surface area contributed by atoms with Crippen LogP contribution < -0.4 is 10.2 Å². The normalized spacial score (nSPS) is 10.8. The summed E-state index contributed by atoms with van der Waals surface area (Å²) in [4.78, 5) is 26.1. The Morgan fingerprint density at radius 1 is 1.21 bits per heavy atom. The predicted octanol–water partition coefficient (Wildman–Crippen LogP) is 2.96. The molecule has 6 heteroatoms. The van der Waals surface area contributed by atoms with Crippen molar-refractivity contribution < 1.29 is 19.0 Å². The van der Waals surface area contributed by atoms with Gasteiger partial charge in [-0.05, 0) is 41.8 Å². The Morgan fingerprint density at radius 2 is 1.92 bits per heavy atom. The van der Waals surface area contributed by atoms with Gasteiger partial charge in [0.25, 0.3) is 0 Å². The van der Waals surface area contributed by atoms with Crippen molar-refractivity contribution in [1.29, 1.82) is 0 Å². The molecule has 0 fully saturated rings. The zero-order chi connectivity index (χ0) is 17.3. The zero-order valence-electron chi connectivity index (χ0n) is 12.8. The number of benzene rings is 2. The van der Waals surface area contributed by atoms with Crippen LogP contribution in [0.2, 0.25) is 0 Å². The summed E-state index contributed by atoms with van der Waals surface area (Å²) in [5, 5.41) is 9.33. The SMILES string of the molecule is COc1ccc(Cc2ccc3[nH]cc(C(=O)O)c(=O)c3c2)cc1F. The highest BCUT2D eigenvalue weighted by atomic mass is 19.1. The van der Waals surface area contributed by atoms with Crippen LogP contribution >= 0.6 is 0 Å². The quantitative estimate of drug-likeness (QED) is 0.772. The summed E-state index contributed by atoms with van der Waals surface area (Å²) in [5.74, 6) is -1.57. The molecule has 3 aromatic rings. The van der Waals surface area contributed by atoms with Gasteiger partial charge in [-0.15, -0.1) is 0 Å². The third-order valence-corrected chi connectivity index (χ3v) is 3.80. The molecule has 0 spiro atoms. The van der Waals surface area contributed by atoms with Crippen LogP contribution in [0.5, 0.6) is 5.75 Å². The number of H-pyrrole nitrogens is 1. The van der Waals surface area contributed by atoms with Gasteiger partial charge in [0.1, 0.15) is 5.56 Å². The molecule has 24 heavy (non-hydrogen) atoms. The van der Waals surface area contributed by atoms with E-state index in [2.05, 4.69) is 4.98 Å². The molecule has 5 nitrogen and oxygen atoms in total. The highest BCUT2D eigenvalue weighted by Gasteiger charge is 2.12. The standard InChI is InChI=1S/C18H14FNO4/c1-24-16-5-3-11(8-14(16)19)6-10-2-4-15-12(7-10)17(21)13(9-20-15)18(22)23/h2-5,7-9H,6H2,1H3,(H,20,21)(H,22,23). The number of halogens is 1. The van der Waals surface area contributed by atoms with E-state index in [-0.39, 0.29) is 11.3 Å². The number of hydrogen-bond donors (Lipinski definition) is 2. The Bertz CT molecular complexity index is 994. The monoisotopic (exact) mass is 327 g/mol. The number of ether oxygens (including phenoxy) is 1. The number of carboxylic acids is 1. The molecule has 3 rings (SSSR count). The Morgan fingerprint density at radius 3 is 2.58 bits per heavy atom. The van der Waals surface area contributed by atoms with E-state index in [1.807, 2.05) is 0 Å². The number of aromatic carboxylic acids is 1. The van der Waals surface area contributed by atoms with Crippen LogP contribution in [0, 0.1) is 5.82 Å². The fourth-order valence-electron chi connectivity index (χ4n) is 2.59. The number of aromatic amines is 1. The Balaban J connectivity index is 2.01. The number of rotatable bonds is 4. The van der Waals surface area contributed by atoms with Gasteiger partial charge in [-0.3, -0.25) is 4.79 Å². The van der Waals surface area contributed by atoms with Crippen molar-refractivity contribution in [3.8, 4) is 5.75 Å². The van der Waals surface area contributed by atoms with E-state index >= 15 is 0 Å². The molecule has 2 N–H and O–H groups in total. The van der Waals surface area contributed by atoms with Gasteiger partial charge in [-0.25, -0.2) is 9.18 Å². The second kappa shape index (κ2) is 6.16. The van der Waals surface area contributed by atoms with Gasteiger partial charge in [-0.2, -0.15) is 0 Å². The topological polar surface area (TPSA) is 79.4 Å². The molecule has 0 saturated heterocycles. The molecule has 0 amide bonds. The van der Waals surface area contributed by atoms with Crippen LogP contribution in [0.3, 0.4) is 0 Å². The molecule has 0 aliphatic rings. The maximum atomic E-state index is 13.8. The molecule has 1 heterocycles. The molecule has 0 saturated carbocycles. The molecule has 0 bridgehead atoms. The third-order valence-electron chi connectivity index (χ3n) is 3.80. The van der Waals surface area contributed by atoms with E-state index in [1.165, 1.54) is 19.4 Å². The van der Waals surface area contributed by atoms with Crippen LogP contribution in [0.25, 0.3) is 10.9 Å². The van der Waals surface area contributed by atoms with Crippen molar-refractivity contribution >= 4 is 16.9 Å². The number of pyridine rings is 1. The molecule has 2 aromatic carbocycles. The second-order valence-corrected chi connectivity index (χ2v) is 5.36. The van der Waals surface area contributed by atoms with Crippen molar-refractivity contribution in [2.75, 3.05) is 7.11 Å². The molecule has 1 aromatic heterocycles. The summed E-state index contributed by atoms with van der Waals surface area (Å²) in [6, 6.07) is 9.80. The maximum absolute atomic E-state index is 13.8. The molecule has 0 aliphatic heterocycles. The number of aromatic nitrogens is 1. The number of fused-ring (bicyclic) bond motifs is 1. The van der Waals surface area contributed by atoms with Gasteiger partial charge in [0.15, 0.2) is 11.6 Å². The van der Waals surface area contributed by atoms with E-state index in [4.69, 9.17) is 9.84 Å². The first-order valence-corrected chi connectivity index (χ1v) is 7.19. The Labute approximate surface area is 136 Å². The number of methoxy groups -OCH3 is 1. The molecule has 0 unspecified atom stereocenters. The van der Waals surface area contributed by atoms with E-state index in [0.717, 1.165) is 11.1 Å². The number of hydrogen-bond acceptors (Lipinski definition) is 3. The minimum atomic E-state index is -1.28. The lowest BCUT2D eigenvalue weighted by Gasteiger charge is -2.07. The first-order valence-electron chi connectivity index (χ1n) is 7.19. The molecule has 0 atom stereocenters. The molecule has 122 valence electrons. The third kappa shape index (κ3) is 2.86. The van der Waals surface area contributed by atoms with Crippen LogP contribution in [0.15, 0.2) is 47.4 Å². The van der Waals surface area contributed by atoms with Crippen molar-refractivity contribution in [3.63, 3.8) is 0 Å². The zero-order valence-corrected chi connectivity index (χ0v) is 12.8. The molecule has 0 radical (unpaired) electrons. The summed E-state index contributed by atoms with van der Waals surface area (Å²) >= 11 is 0. The van der Waals surface area contributed by atoms with E-state index < -0.39 is 17.2 Å². The van der Waals surface area contributed by atoms with E-state index in [1.54, 1.807) is 30.3 Å². The van der Waals surface area contributed by atoms with Crippen LogP contribution in [0.4, 0.5) is 4.39 Å². The molecule has 0 aliphatic carbocycles. The van der Waals surface area contributed by atoms with Gasteiger partial charge in [0.2, 0.25) is 5.43 Å². The largest absolute Gasteiger partial charge is 0.494 e. The van der Waals surface area contributed by atoms with Crippen molar-refractivity contribution in [2.24, 2.45) is 0 Å². The second-order valence-electron chi connectivity index (χ2n) is 5.36. The van der Waals surface area contributed by atoms with Gasteiger partial charge in [0, 0.05) is 17.1 Å². The Kier molecular flexibility index (Phi) is 4.04. The molecular formula is C18H14FNO4. The van der Waals surface area contributed by atoms with Gasteiger partial charge < -0.3 is 14.8 Å². The average Bonchev–Trinajstić information content (AvgIpc) is 2.55. The van der Waals surface area contributed by atoms with Crippen molar-refractivity contribution in [3.05, 3.63) is 75.3 Å². The van der Waals surface area contributed by atoms with Crippen LogP contribution in [0.1, 0.15) is 21.5 Å². The van der Waals surface area contributed by atoms with Gasteiger partial charge >= 0.3 is 5.97 Å². The fourth-order valence-corrected chi connectivity index (χ4v) is 2.59. The lowest BCUT2D eigenvalue weighted by molar-refractivity contribution is 0.0695. The predicted molar refractivity (Wildman–Crippen MR) is 87.3 cm³/mol. The highest BCUT2D eigenvalue weighted by Crippen LogP contribution is 2.20. The summed E-state index contributed by atoms with van der Waals surface area (Å²) in [6.45, 7) is 0. The first kappa shape index (κ1) is 15.7. The summed E-state index contributed by atoms with van der Waals surface area (Å²) in [5.41, 5.74) is 1.20. The van der Waals surface area contributed by atoms with Crippen molar-refractivity contribution in [2.45, 2.75) is 6.42 Å². The van der Waals surface area contributed by atoms with Crippen LogP contribution in [-0.2, 0) is 6.42 Å². The minimum Gasteiger partial charge on any atom is -0.494 e. The van der Waals surface area contributed by atoms with E-state index in [0.29, 0.717) is 17.3 Å². The summed E-state index contributed by atoms with van der Waals surface area (Å²) < 4.78 is 18.6. The maximum Gasteiger partial charge on any atom is 0.341 e. The lowest BCUT2D eigenvalue weighted by Crippen LogP contribution is -2.15. The average molecular weight is 327 g/mol. The Hall–Kier alpha value is -3.15. The highest BCUT2D eigenvalue weighted by molar-refractivity contribution is 5.92. The number of carboxylic acid groups (broad SMARTS) is 1. The van der Waals surface area contributed by atoms with Crippen molar-refractivity contribution in [1.82, 2.24) is 4.98 Å². The number of nitrogens with one attached hydrogen (secondary N) is 1. The molecular weight excluding hydrogens is 313 g/mol. The summed E-state index contributed by atoms with van der Waals surface area (Å²) in [7, 11) is 1.40. The van der Waals surface area contributed by atoms with E-state index in [9.17, 15) is 14.0 Å². The smallest absolute Gasteiger partial charge is 0.341 e. The van der Waals surface area contributed by atoms with Gasteiger partial charge in [0.05, 0.1) is 7.11 Å². The lowest BCUT2D eigenvalue weighted by atomic mass is 10.0.